The van der Waals surface area contributed by atoms with E-state index < -0.39 is 5.97 Å². The molecule has 0 saturated heterocycles. The zero-order chi connectivity index (χ0) is 19.4. The van der Waals surface area contributed by atoms with Gasteiger partial charge in [-0.1, -0.05) is 32.9 Å². The quantitative estimate of drug-likeness (QED) is 0.658. The first-order chi connectivity index (χ1) is 12.8. The Hall–Kier alpha value is -0.830. The number of rotatable bonds is 4. The minimum absolute atomic E-state index is 0.107. The van der Waals surface area contributed by atoms with Crippen LogP contribution in [0, 0.1) is 46.3 Å². The maximum atomic E-state index is 11.0. The number of carboxylic acids is 1. The van der Waals surface area contributed by atoms with Gasteiger partial charge >= 0.3 is 5.97 Å². The molecular formula is C24H38O3. The molecule has 0 spiro atoms. The third kappa shape index (κ3) is 3.09. The summed E-state index contributed by atoms with van der Waals surface area (Å²) in [5, 5.41) is 19.2. The van der Waals surface area contributed by atoms with Gasteiger partial charge in [-0.3, -0.25) is 4.79 Å². The van der Waals surface area contributed by atoms with Crippen molar-refractivity contribution in [2.75, 3.05) is 0 Å². The number of carboxylic acid groups (broad SMARTS) is 1. The Morgan fingerprint density at radius 2 is 1.78 bits per heavy atom. The molecule has 0 amide bonds. The van der Waals surface area contributed by atoms with E-state index >= 15 is 0 Å². The Balaban J connectivity index is 1.55. The molecule has 4 aliphatic rings. The van der Waals surface area contributed by atoms with Crippen LogP contribution in [0.15, 0.2) is 12.2 Å². The summed E-state index contributed by atoms with van der Waals surface area (Å²) >= 11 is 0. The van der Waals surface area contributed by atoms with Gasteiger partial charge in [0.15, 0.2) is 0 Å². The summed E-state index contributed by atoms with van der Waals surface area (Å²) in [5.74, 6) is 3.30. The summed E-state index contributed by atoms with van der Waals surface area (Å²) in [6.07, 6.45) is 14.3. The van der Waals surface area contributed by atoms with Crippen molar-refractivity contribution in [3.05, 3.63) is 12.2 Å². The lowest BCUT2D eigenvalue weighted by molar-refractivity contribution is -0.137. The number of hydrogen-bond acceptors (Lipinski definition) is 2. The van der Waals surface area contributed by atoms with E-state index in [2.05, 4.69) is 32.9 Å². The van der Waals surface area contributed by atoms with Crippen LogP contribution in [0.1, 0.15) is 78.6 Å². The summed E-state index contributed by atoms with van der Waals surface area (Å²) in [7, 11) is 0. The first-order valence-electron chi connectivity index (χ1n) is 11.3. The second-order valence-electron chi connectivity index (χ2n) is 10.9. The van der Waals surface area contributed by atoms with E-state index in [-0.39, 0.29) is 6.10 Å². The fourth-order valence-electron chi connectivity index (χ4n) is 8.12. The van der Waals surface area contributed by atoms with Crippen LogP contribution in [0.25, 0.3) is 0 Å². The molecule has 9 atom stereocenters. The fourth-order valence-corrected chi connectivity index (χ4v) is 8.12. The topological polar surface area (TPSA) is 57.5 Å². The molecule has 3 saturated carbocycles. The second kappa shape index (κ2) is 6.90. The van der Waals surface area contributed by atoms with Gasteiger partial charge in [-0.15, -0.1) is 0 Å². The van der Waals surface area contributed by atoms with Gasteiger partial charge in [0.05, 0.1) is 6.10 Å². The van der Waals surface area contributed by atoms with E-state index in [9.17, 15) is 9.90 Å². The van der Waals surface area contributed by atoms with E-state index in [4.69, 9.17) is 5.11 Å². The molecule has 4 rings (SSSR count). The number of aliphatic hydroxyl groups is 1. The highest BCUT2D eigenvalue weighted by Crippen LogP contribution is 2.66. The third-order valence-electron chi connectivity index (χ3n) is 9.71. The molecule has 0 aromatic carbocycles. The van der Waals surface area contributed by atoms with Gasteiger partial charge in [0.25, 0.3) is 0 Å². The molecule has 0 aromatic rings. The highest BCUT2D eigenvalue weighted by molar-refractivity contribution is 5.66. The maximum absolute atomic E-state index is 11.0. The van der Waals surface area contributed by atoms with E-state index in [1.807, 2.05) is 0 Å². The second-order valence-corrected chi connectivity index (χ2v) is 10.9. The van der Waals surface area contributed by atoms with Crippen molar-refractivity contribution in [2.24, 2.45) is 46.3 Å². The molecule has 0 unspecified atom stereocenters. The molecule has 0 bridgehead atoms. The van der Waals surface area contributed by atoms with Gasteiger partial charge in [-0.25, -0.2) is 0 Å². The average molecular weight is 375 g/mol. The number of hydrogen-bond donors (Lipinski definition) is 2. The highest BCUT2D eigenvalue weighted by Gasteiger charge is 2.59. The van der Waals surface area contributed by atoms with Gasteiger partial charge in [0.1, 0.15) is 0 Å². The number of carbonyl (C=O) groups is 1. The lowest BCUT2D eigenvalue weighted by Crippen LogP contribution is -2.52. The molecular weight excluding hydrogens is 336 g/mol. The first kappa shape index (κ1) is 19.5. The molecule has 0 aromatic heterocycles. The molecule has 2 N–H and O–H groups in total. The molecule has 0 radical (unpaired) electrons. The van der Waals surface area contributed by atoms with Crippen LogP contribution < -0.4 is 0 Å². The predicted molar refractivity (Wildman–Crippen MR) is 107 cm³/mol. The van der Waals surface area contributed by atoms with Crippen LogP contribution in [-0.4, -0.2) is 22.3 Å². The van der Waals surface area contributed by atoms with Gasteiger partial charge in [0, 0.05) is 6.42 Å². The maximum Gasteiger partial charge on any atom is 0.303 e. The van der Waals surface area contributed by atoms with Crippen molar-refractivity contribution >= 4 is 5.97 Å². The summed E-state index contributed by atoms with van der Waals surface area (Å²) < 4.78 is 0. The molecule has 152 valence electrons. The molecule has 3 nitrogen and oxygen atoms in total. The van der Waals surface area contributed by atoms with Gasteiger partial charge in [0.2, 0.25) is 0 Å². The number of fused-ring (bicyclic) bond motifs is 5. The molecule has 0 heterocycles. The van der Waals surface area contributed by atoms with Gasteiger partial charge < -0.3 is 10.2 Å². The standard InChI is InChI=1S/C24H38O3/c1-15(4-9-22(26)27)19-7-8-20-18-6-5-16-14-17(25)10-12-23(16,2)21(18)11-13-24(19,20)3/h5-6,15-21,25H,4,7-14H2,1-3H3,(H,26,27)/t15-,16-,17+,18+,19-,20+,21+,23+,24-/m1/s1. The average Bonchev–Trinajstić information content (AvgIpc) is 2.97. The van der Waals surface area contributed by atoms with Gasteiger partial charge in [-0.2, -0.15) is 0 Å². The predicted octanol–water partition coefficient (Wildman–Crippen LogP) is 5.28. The van der Waals surface area contributed by atoms with E-state index in [0.717, 1.165) is 31.1 Å². The third-order valence-corrected chi connectivity index (χ3v) is 9.71. The molecule has 4 aliphatic carbocycles. The van der Waals surface area contributed by atoms with Crippen LogP contribution >= 0.6 is 0 Å². The van der Waals surface area contributed by atoms with Crippen molar-refractivity contribution in [3.63, 3.8) is 0 Å². The summed E-state index contributed by atoms with van der Waals surface area (Å²) in [4.78, 5) is 11.0. The summed E-state index contributed by atoms with van der Waals surface area (Å²) in [6, 6.07) is 0. The van der Waals surface area contributed by atoms with Crippen molar-refractivity contribution in [2.45, 2.75) is 84.7 Å². The minimum atomic E-state index is -0.654. The van der Waals surface area contributed by atoms with E-state index in [1.165, 1.54) is 32.1 Å². The van der Waals surface area contributed by atoms with Crippen LogP contribution in [0.5, 0.6) is 0 Å². The molecule has 3 heteroatoms. The normalized spacial score (nSPS) is 49.8. The van der Waals surface area contributed by atoms with Crippen LogP contribution in [-0.2, 0) is 4.79 Å². The van der Waals surface area contributed by atoms with Crippen molar-refractivity contribution in [1.82, 2.24) is 0 Å². The molecule has 3 fully saturated rings. The monoisotopic (exact) mass is 374 g/mol. The number of aliphatic hydroxyl groups excluding tert-OH is 1. The fraction of sp³-hybridized carbons (Fsp3) is 0.875. The zero-order valence-corrected chi connectivity index (χ0v) is 17.4. The Morgan fingerprint density at radius 1 is 1.07 bits per heavy atom. The lowest BCUT2D eigenvalue weighted by Gasteiger charge is -2.59. The van der Waals surface area contributed by atoms with Crippen LogP contribution in [0.3, 0.4) is 0 Å². The van der Waals surface area contributed by atoms with Crippen LogP contribution in [0.2, 0.25) is 0 Å². The van der Waals surface area contributed by atoms with Crippen molar-refractivity contribution < 1.29 is 15.0 Å². The van der Waals surface area contributed by atoms with E-state index in [1.54, 1.807) is 0 Å². The zero-order valence-electron chi connectivity index (χ0n) is 17.4. The molecule has 27 heavy (non-hydrogen) atoms. The Kier molecular flexibility index (Phi) is 4.98. The van der Waals surface area contributed by atoms with E-state index in [0.29, 0.717) is 40.9 Å². The van der Waals surface area contributed by atoms with Crippen LogP contribution in [0.4, 0.5) is 0 Å². The summed E-state index contributed by atoms with van der Waals surface area (Å²) in [5.41, 5.74) is 0.744. The van der Waals surface area contributed by atoms with Crippen molar-refractivity contribution in [3.8, 4) is 0 Å². The largest absolute Gasteiger partial charge is 0.481 e. The summed E-state index contributed by atoms with van der Waals surface area (Å²) in [6.45, 7) is 7.33. The van der Waals surface area contributed by atoms with Crippen molar-refractivity contribution in [1.29, 1.82) is 0 Å². The Labute approximate surface area is 164 Å². The Morgan fingerprint density at radius 3 is 2.52 bits per heavy atom. The molecule has 0 aliphatic heterocycles. The number of allylic oxidation sites excluding steroid dienone is 2. The SMILES string of the molecule is C[C@H](CCC(=O)O)[C@H]1CC[C@H]2[C@@H]3C=C[C@@H]4C[C@@H](O)CC[C@]4(C)[C@H]3CC[C@]12C. The number of aliphatic carboxylic acids is 1. The lowest BCUT2D eigenvalue weighted by atomic mass is 9.46. The Bertz CT molecular complexity index is 613. The van der Waals surface area contributed by atoms with Gasteiger partial charge in [-0.05, 0) is 97.7 Å². The highest BCUT2D eigenvalue weighted by atomic mass is 16.4. The first-order valence-corrected chi connectivity index (χ1v) is 11.3. The minimum Gasteiger partial charge on any atom is -0.481 e. The smallest absolute Gasteiger partial charge is 0.303 e.